The fourth-order valence-electron chi connectivity index (χ4n) is 1.61. The van der Waals surface area contributed by atoms with Crippen LogP contribution >= 0.6 is 11.6 Å². The molecule has 1 N–H and O–H groups in total. The summed E-state index contributed by atoms with van der Waals surface area (Å²) in [5, 5.41) is 3.19. The van der Waals surface area contributed by atoms with E-state index in [4.69, 9.17) is 16.3 Å². The Labute approximate surface area is 116 Å². The molecule has 0 atom stereocenters. The van der Waals surface area contributed by atoms with Gasteiger partial charge in [0.2, 0.25) is 0 Å². The largest absolute Gasteiger partial charge is 0.497 e. The van der Waals surface area contributed by atoms with Crippen LogP contribution < -0.4 is 10.1 Å². The maximum absolute atomic E-state index is 12.1. The highest BCUT2D eigenvalue weighted by atomic mass is 35.5. The second-order valence-electron chi connectivity index (χ2n) is 4.01. The fraction of sp³-hybridized carbons (Fsp3) is 0.143. The molecular formula is C14H13ClN2O2. The molecule has 1 aromatic heterocycles. The minimum absolute atomic E-state index is 0.217. The molecule has 1 heterocycles. The van der Waals surface area contributed by atoms with Gasteiger partial charge in [0.15, 0.2) is 0 Å². The molecule has 0 aliphatic heterocycles. The molecule has 98 valence electrons. The number of anilines is 1. The molecule has 2 aromatic rings. The molecule has 5 heteroatoms. The molecule has 2 rings (SSSR count). The maximum atomic E-state index is 12.1. The van der Waals surface area contributed by atoms with Gasteiger partial charge in [0.1, 0.15) is 10.9 Å². The van der Waals surface area contributed by atoms with Crippen molar-refractivity contribution in [1.29, 1.82) is 0 Å². The van der Waals surface area contributed by atoms with Crippen molar-refractivity contribution < 1.29 is 9.53 Å². The summed E-state index contributed by atoms with van der Waals surface area (Å²) in [6.45, 7) is 1.86. The first-order valence-corrected chi connectivity index (χ1v) is 6.05. The second-order valence-corrected chi connectivity index (χ2v) is 4.40. The normalized spacial score (nSPS) is 10.1. The molecule has 1 amide bonds. The lowest BCUT2D eigenvalue weighted by atomic mass is 10.2. The molecule has 0 aliphatic carbocycles. The molecule has 0 radical (unpaired) electrons. The van der Waals surface area contributed by atoms with Crippen molar-refractivity contribution in [2.75, 3.05) is 12.4 Å². The summed E-state index contributed by atoms with van der Waals surface area (Å²) in [7, 11) is 1.56. The van der Waals surface area contributed by atoms with Crippen molar-refractivity contribution in [3.05, 3.63) is 52.8 Å². The SMILES string of the molecule is COc1cccc(C(=O)Nc2cnc(Cl)cc2C)c1. The van der Waals surface area contributed by atoms with Gasteiger partial charge in [-0.15, -0.1) is 0 Å². The van der Waals surface area contributed by atoms with Gasteiger partial charge in [-0.1, -0.05) is 17.7 Å². The molecule has 1 aromatic carbocycles. The fourth-order valence-corrected chi connectivity index (χ4v) is 1.82. The van der Waals surface area contributed by atoms with E-state index in [1.165, 1.54) is 6.20 Å². The number of methoxy groups -OCH3 is 1. The van der Waals surface area contributed by atoms with Gasteiger partial charge < -0.3 is 10.1 Å². The number of hydrogen-bond acceptors (Lipinski definition) is 3. The predicted octanol–water partition coefficient (Wildman–Crippen LogP) is 3.30. The maximum Gasteiger partial charge on any atom is 0.255 e. The highest BCUT2D eigenvalue weighted by molar-refractivity contribution is 6.29. The number of nitrogens with zero attached hydrogens (tertiary/aromatic N) is 1. The van der Waals surface area contributed by atoms with Gasteiger partial charge in [-0.2, -0.15) is 0 Å². The van der Waals surface area contributed by atoms with Crippen molar-refractivity contribution in [3.8, 4) is 5.75 Å². The third-order valence-electron chi connectivity index (χ3n) is 2.66. The topological polar surface area (TPSA) is 51.2 Å². The van der Waals surface area contributed by atoms with Crippen molar-refractivity contribution in [3.63, 3.8) is 0 Å². The van der Waals surface area contributed by atoms with Crippen LogP contribution in [0.5, 0.6) is 5.75 Å². The predicted molar refractivity (Wildman–Crippen MR) is 74.9 cm³/mol. The number of halogens is 1. The van der Waals surface area contributed by atoms with Gasteiger partial charge in [0, 0.05) is 5.56 Å². The van der Waals surface area contributed by atoms with Crippen LogP contribution in [0.4, 0.5) is 5.69 Å². The summed E-state index contributed by atoms with van der Waals surface area (Å²) in [6.07, 6.45) is 1.54. The smallest absolute Gasteiger partial charge is 0.255 e. The summed E-state index contributed by atoms with van der Waals surface area (Å²) < 4.78 is 5.08. The number of aromatic nitrogens is 1. The third-order valence-corrected chi connectivity index (χ3v) is 2.86. The van der Waals surface area contributed by atoms with Crippen molar-refractivity contribution in [2.45, 2.75) is 6.92 Å². The Morgan fingerprint density at radius 1 is 1.37 bits per heavy atom. The van der Waals surface area contributed by atoms with Gasteiger partial charge in [0.25, 0.3) is 5.91 Å². The average molecular weight is 277 g/mol. The summed E-state index contributed by atoms with van der Waals surface area (Å²) in [5.74, 6) is 0.421. The molecule has 19 heavy (non-hydrogen) atoms. The second kappa shape index (κ2) is 5.71. The van der Waals surface area contributed by atoms with Crippen LogP contribution in [-0.2, 0) is 0 Å². The summed E-state index contributed by atoms with van der Waals surface area (Å²) in [5.41, 5.74) is 2.02. The minimum Gasteiger partial charge on any atom is -0.497 e. The number of nitrogens with one attached hydrogen (secondary N) is 1. The van der Waals surface area contributed by atoms with Crippen molar-refractivity contribution in [2.24, 2.45) is 0 Å². The Hall–Kier alpha value is -2.07. The molecular weight excluding hydrogens is 264 g/mol. The van der Waals surface area contributed by atoms with E-state index in [9.17, 15) is 4.79 Å². The highest BCUT2D eigenvalue weighted by Crippen LogP contribution is 2.19. The molecule has 0 saturated heterocycles. The summed E-state index contributed by atoms with van der Waals surface area (Å²) in [6, 6.07) is 8.64. The van der Waals surface area contributed by atoms with Gasteiger partial charge in [-0.3, -0.25) is 4.79 Å². The van der Waals surface area contributed by atoms with Gasteiger partial charge in [-0.25, -0.2) is 4.98 Å². The van der Waals surface area contributed by atoms with Crippen LogP contribution in [0.1, 0.15) is 15.9 Å². The minimum atomic E-state index is -0.217. The van der Waals surface area contributed by atoms with E-state index < -0.39 is 0 Å². The van der Waals surface area contributed by atoms with Crippen molar-refractivity contribution >= 4 is 23.2 Å². The number of amides is 1. The quantitative estimate of drug-likeness (QED) is 0.875. The van der Waals surface area contributed by atoms with Crippen LogP contribution in [0, 0.1) is 6.92 Å². The number of carbonyl (C=O) groups is 1. The number of benzene rings is 1. The van der Waals surface area contributed by atoms with E-state index in [0.717, 1.165) is 5.56 Å². The van der Waals surface area contributed by atoms with Crippen LogP contribution in [0.15, 0.2) is 36.5 Å². The molecule has 0 bridgehead atoms. The summed E-state index contributed by atoms with van der Waals surface area (Å²) >= 11 is 5.77. The molecule has 4 nitrogen and oxygen atoms in total. The van der Waals surface area contributed by atoms with Gasteiger partial charge in [0.05, 0.1) is 19.0 Å². The summed E-state index contributed by atoms with van der Waals surface area (Å²) in [4.78, 5) is 16.0. The molecule has 0 unspecified atom stereocenters. The average Bonchev–Trinajstić information content (AvgIpc) is 2.42. The van der Waals surface area contributed by atoms with Crippen LogP contribution in [0.2, 0.25) is 5.15 Å². The first kappa shape index (κ1) is 13.4. The first-order chi connectivity index (χ1) is 9.10. The van der Waals surface area contributed by atoms with E-state index in [0.29, 0.717) is 22.2 Å². The molecule has 0 saturated carbocycles. The Kier molecular flexibility index (Phi) is 4.02. The lowest BCUT2D eigenvalue weighted by Crippen LogP contribution is -2.13. The zero-order valence-corrected chi connectivity index (χ0v) is 11.4. The zero-order valence-electron chi connectivity index (χ0n) is 10.6. The van der Waals surface area contributed by atoms with Gasteiger partial charge in [-0.05, 0) is 36.8 Å². The number of carbonyl (C=O) groups excluding carboxylic acids is 1. The number of hydrogen-bond donors (Lipinski definition) is 1. The first-order valence-electron chi connectivity index (χ1n) is 5.67. The van der Waals surface area contributed by atoms with Crippen LogP contribution in [0.25, 0.3) is 0 Å². The van der Waals surface area contributed by atoms with E-state index in [1.54, 1.807) is 37.4 Å². The van der Waals surface area contributed by atoms with E-state index in [-0.39, 0.29) is 5.91 Å². The monoisotopic (exact) mass is 276 g/mol. The number of aryl methyl sites for hydroxylation is 1. The number of ether oxygens (including phenoxy) is 1. The molecule has 0 spiro atoms. The third kappa shape index (κ3) is 3.23. The Morgan fingerprint density at radius 2 is 2.16 bits per heavy atom. The molecule has 0 fully saturated rings. The van der Waals surface area contributed by atoms with Gasteiger partial charge >= 0.3 is 0 Å². The van der Waals surface area contributed by atoms with E-state index in [2.05, 4.69) is 10.3 Å². The zero-order chi connectivity index (χ0) is 13.8. The highest BCUT2D eigenvalue weighted by Gasteiger charge is 2.09. The number of rotatable bonds is 3. The molecule has 0 aliphatic rings. The van der Waals surface area contributed by atoms with Crippen LogP contribution in [-0.4, -0.2) is 18.0 Å². The lowest BCUT2D eigenvalue weighted by Gasteiger charge is -2.08. The van der Waals surface area contributed by atoms with Crippen molar-refractivity contribution in [1.82, 2.24) is 4.98 Å². The Balaban J connectivity index is 2.20. The Bertz CT molecular complexity index is 614. The standard InChI is InChI=1S/C14H13ClN2O2/c1-9-6-13(15)16-8-12(9)17-14(18)10-4-3-5-11(7-10)19-2/h3-8H,1-2H3,(H,17,18). The van der Waals surface area contributed by atoms with Crippen LogP contribution in [0.3, 0.4) is 0 Å². The van der Waals surface area contributed by atoms with E-state index >= 15 is 0 Å². The Morgan fingerprint density at radius 3 is 2.84 bits per heavy atom. The number of pyridine rings is 1. The van der Waals surface area contributed by atoms with E-state index in [1.807, 2.05) is 6.92 Å². The lowest BCUT2D eigenvalue weighted by molar-refractivity contribution is 0.102.